The van der Waals surface area contributed by atoms with E-state index in [-0.39, 0.29) is 6.54 Å². The van der Waals surface area contributed by atoms with Crippen LogP contribution in [0.1, 0.15) is 47.0 Å². The fraction of sp³-hybridized carbons (Fsp3) is 0.933. The zero-order valence-electron chi connectivity index (χ0n) is 13.4. The Morgan fingerprint density at radius 2 is 1.68 bits per heavy atom. The van der Waals surface area contributed by atoms with E-state index in [1.807, 2.05) is 13.8 Å². The molecule has 0 aromatic carbocycles. The minimum atomic E-state index is 0.139. The molecule has 0 bridgehead atoms. The predicted octanol–water partition coefficient (Wildman–Crippen LogP) is 2.32. The number of nitrogens with zero attached hydrogens (tertiary/aromatic N) is 1. The van der Waals surface area contributed by atoms with Crippen LogP contribution in [0.15, 0.2) is 0 Å². The number of carbonyl (C=O) groups is 1. The number of nitrogens with two attached hydrogens (primary N) is 1. The molecule has 0 aromatic rings. The first-order valence-corrected chi connectivity index (χ1v) is 7.68. The normalized spacial score (nSPS) is 17.7. The van der Waals surface area contributed by atoms with E-state index in [1.54, 1.807) is 0 Å². The Morgan fingerprint density at radius 1 is 1.26 bits per heavy atom. The molecule has 1 aliphatic carbocycles. The Balaban J connectivity index is 0. The van der Waals surface area contributed by atoms with E-state index in [9.17, 15) is 0 Å². The van der Waals surface area contributed by atoms with Gasteiger partial charge in [-0.15, -0.1) is 0 Å². The highest BCUT2D eigenvalue weighted by Gasteiger charge is 2.12. The molecule has 19 heavy (non-hydrogen) atoms. The lowest BCUT2D eigenvalue weighted by Gasteiger charge is -2.25. The molecule has 4 heteroatoms. The van der Waals surface area contributed by atoms with E-state index in [2.05, 4.69) is 24.5 Å². The van der Waals surface area contributed by atoms with Crippen LogP contribution in [-0.4, -0.2) is 50.6 Å². The first kappa shape index (κ1) is 20.9. The quantitative estimate of drug-likeness (QED) is 0.802. The van der Waals surface area contributed by atoms with Crippen LogP contribution in [0.25, 0.3) is 0 Å². The predicted molar refractivity (Wildman–Crippen MR) is 82.4 cm³/mol. The standard InChI is InChI=1S/C7H15NO.C4H8.C2H5NO.C2H6/c1-2-3-8-4-6-9-7-5-8;1-4-2-3-4;3-1-2-4;1-2/h2-7H2,1H3;4H,2-3H2,1H3;2H,1,3H2;1-2H3. The lowest BCUT2D eigenvalue weighted by molar-refractivity contribution is -0.106. The Labute approximate surface area is 119 Å². The van der Waals surface area contributed by atoms with Crippen LogP contribution in [-0.2, 0) is 9.53 Å². The number of ether oxygens (including phenoxy) is 1. The molecule has 0 radical (unpaired) electrons. The lowest BCUT2D eigenvalue weighted by Crippen LogP contribution is -2.36. The highest BCUT2D eigenvalue weighted by molar-refractivity contribution is 5.51. The van der Waals surface area contributed by atoms with Gasteiger partial charge in [0.15, 0.2) is 0 Å². The maximum Gasteiger partial charge on any atom is 0.133 e. The van der Waals surface area contributed by atoms with Gasteiger partial charge >= 0.3 is 0 Å². The van der Waals surface area contributed by atoms with Crippen LogP contribution in [0.3, 0.4) is 0 Å². The molecule has 2 aliphatic rings. The number of hydrogen-bond donors (Lipinski definition) is 1. The SMILES string of the molecule is CC.CC1CC1.CCCN1CCOCC1.NCC=O. The molecular formula is C15H34N2O2. The van der Waals surface area contributed by atoms with Crippen LogP contribution in [0.5, 0.6) is 0 Å². The van der Waals surface area contributed by atoms with Gasteiger partial charge in [0.05, 0.1) is 13.2 Å². The van der Waals surface area contributed by atoms with Gasteiger partial charge in [0.1, 0.15) is 6.29 Å². The Morgan fingerprint density at radius 3 is 1.95 bits per heavy atom. The van der Waals surface area contributed by atoms with Crippen molar-refractivity contribution in [2.75, 3.05) is 39.4 Å². The molecule has 1 saturated carbocycles. The van der Waals surface area contributed by atoms with Crippen molar-refractivity contribution in [3.05, 3.63) is 0 Å². The highest BCUT2D eigenvalue weighted by atomic mass is 16.5. The third kappa shape index (κ3) is 20.0. The minimum Gasteiger partial charge on any atom is -0.379 e. The summed E-state index contributed by atoms with van der Waals surface area (Å²) in [6.07, 6.45) is 4.89. The largest absolute Gasteiger partial charge is 0.379 e. The molecule has 2 N–H and O–H groups in total. The average Bonchev–Trinajstić information content (AvgIpc) is 3.26. The van der Waals surface area contributed by atoms with Crippen molar-refractivity contribution in [3.8, 4) is 0 Å². The van der Waals surface area contributed by atoms with Crippen LogP contribution in [0.2, 0.25) is 0 Å². The van der Waals surface area contributed by atoms with Crippen LogP contribution < -0.4 is 5.73 Å². The Bertz CT molecular complexity index is 165. The number of rotatable bonds is 3. The smallest absolute Gasteiger partial charge is 0.133 e. The summed E-state index contributed by atoms with van der Waals surface area (Å²) in [7, 11) is 0. The number of carbonyl (C=O) groups excluding carboxylic acids is 1. The molecule has 0 unspecified atom stereocenters. The van der Waals surface area contributed by atoms with Gasteiger partial charge in [0.2, 0.25) is 0 Å². The van der Waals surface area contributed by atoms with Crippen LogP contribution >= 0.6 is 0 Å². The van der Waals surface area contributed by atoms with Crippen LogP contribution in [0, 0.1) is 5.92 Å². The molecule has 1 heterocycles. The van der Waals surface area contributed by atoms with Crippen molar-refractivity contribution in [1.29, 1.82) is 0 Å². The van der Waals surface area contributed by atoms with Crippen molar-refractivity contribution in [3.63, 3.8) is 0 Å². The second-order valence-electron chi connectivity index (χ2n) is 4.54. The van der Waals surface area contributed by atoms with Gasteiger partial charge in [0.25, 0.3) is 0 Å². The summed E-state index contributed by atoms with van der Waals surface area (Å²) in [5.74, 6) is 1.08. The van der Waals surface area contributed by atoms with Gasteiger partial charge in [0, 0.05) is 19.6 Å². The lowest BCUT2D eigenvalue weighted by atomic mass is 10.4. The van der Waals surface area contributed by atoms with Gasteiger partial charge in [-0.25, -0.2) is 0 Å². The molecule has 0 spiro atoms. The second kappa shape index (κ2) is 17.6. The van der Waals surface area contributed by atoms with Gasteiger partial charge in [-0.2, -0.15) is 0 Å². The maximum absolute atomic E-state index is 9.05. The van der Waals surface area contributed by atoms with Crippen molar-refractivity contribution in [2.24, 2.45) is 11.7 Å². The number of morpholine rings is 1. The first-order chi connectivity index (χ1) is 9.24. The molecule has 4 nitrogen and oxygen atoms in total. The van der Waals surface area contributed by atoms with E-state index in [4.69, 9.17) is 9.53 Å². The van der Waals surface area contributed by atoms with Gasteiger partial charge in [-0.3, -0.25) is 4.90 Å². The van der Waals surface area contributed by atoms with E-state index in [0.29, 0.717) is 6.29 Å². The van der Waals surface area contributed by atoms with Gasteiger partial charge in [-0.1, -0.05) is 40.5 Å². The van der Waals surface area contributed by atoms with E-state index < -0.39 is 0 Å². The van der Waals surface area contributed by atoms with E-state index >= 15 is 0 Å². The van der Waals surface area contributed by atoms with Crippen molar-refractivity contribution >= 4 is 6.29 Å². The number of hydrogen-bond acceptors (Lipinski definition) is 4. The Hall–Kier alpha value is -0.450. The summed E-state index contributed by atoms with van der Waals surface area (Å²) in [5.41, 5.74) is 4.66. The summed E-state index contributed by atoms with van der Waals surface area (Å²) in [4.78, 5) is 11.5. The van der Waals surface area contributed by atoms with Crippen LogP contribution in [0.4, 0.5) is 0 Å². The first-order valence-electron chi connectivity index (χ1n) is 7.68. The van der Waals surface area contributed by atoms with Gasteiger partial charge in [-0.05, 0) is 18.9 Å². The Kier molecular flexibility index (Phi) is 19.3. The van der Waals surface area contributed by atoms with Crippen molar-refractivity contribution in [2.45, 2.75) is 47.0 Å². The molecule has 2 rings (SSSR count). The summed E-state index contributed by atoms with van der Waals surface area (Å²) in [6, 6.07) is 0. The fourth-order valence-electron chi connectivity index (χ4n) is 1.31. The summed E-state index contributed by atoms with van der Waals surface area (Å²) < 4.78 is 5.20. The van der Waals surface area contributed by atoms with Crippen molar-refractivity contribution < 1.29 is 9.53 Å². The summed E-state index contributed by atoms with van der Waals surface area (Å²) >= 11 is 0. The monoisotopic (exact) mass is 274 g/mol. The van der Waals surface area contributed by atoms with Crippen molar-refractivity contribution in [1.82, 2.24) is 4.90 Å². The van der Waals surface area contributed by atoms with Gasteiger partial charge < -0.3 is 15.3 Å². The van der Waals surface area contributed by atoms with E-state index in [1.165, 1.54) is 25.8 Å². The highest BCUT2D eigenvalue weighted by Crippen LogP contribution is 2.26. The molecular weight excluding hydrogens is 240 g/mol. The molecule has 2 fully saturated rings. The molecule has 0 atom stereocenters. The summed E-state index contributed by atoms with van der Waals surface area (Å²) in [5, 5.41) is 0. The third-order valence-corrected chi connectivity index (χ3v) is 2.61. The zero-order chi connectivity index (χ0) is 14.9. The third-order valence-electron chi connectivity index (χ3n) is 2.61. The average molecular weight is 274 g/mol. The number of aldehydes is 1. The van der Waals surface area contributed by atoms with E-state index in [0.717, 1.165) is 32.2 Å². The zero-order valence-corrected chi connectivity index (χ0v) is 13.4. The molecule has 0 aromatic heterocycles. The fourth-order valence-corrected chi connectivity index (χ4v) is 1.31. The molecule has 1 saturated heterocycles. The minimum absolute atomic E-state index is 0.139. The maximum atomic E-state index is 9.05. The molecule has 116 valence electrons. The summed E-state index contributed by atoms with van der Waals surface area (Å²) in [6.45, 7) is 14.0. The second-order valence-corrected chi connectivity index (χ2v) is 4.54. The molecule has 1 aliphatic heterocycles. The molecule has 0 amide bonds. The topological polar surface area (TPSA) is 55.6 Å².